The van der Waals surface area contributed by atoms with Crippen molar-refractivity contribution < 1.29 is 23.6 Å². The summed E-state index contributed by atoms with van der Waals surface area (Å²) in [6, 6.07) is 8.81. The van der Waals surface area contributed by atoms with Gasteiger partial charge in [0.25, 0.3) is 5.69 Å². The van der Waals surface area contributed by atoms with Gasteiger partial charge in [-0.25, -0.2) is 9.18 Å². The van der Waals surface area contributed by atoms with Crippen LogP contribution in [0.25, 0.3) is 0 Å². The van der Waals surface area contributed by atoms with Crippen molar-refractivity contribution in [2.75, 3.05) is 7.11 Å². The summed E-state index contributed by atoms with van der Waals surface area (Å²) in [4.78, 5) is 22.0. The molecule has 0 spiro atoms. The Bertz CT molecular complexity index is 702. The molecular weight excluding hydrogens is 281 g/mol. The molecule has 2 rings (SSSR count). The van der Waals surface area contributed by atoms with E-state index in [9.17, 15) is 19.3 Å². The maximum Gasteiger partial charge on any atom is 0.346 e. The summed E-state index contributed by atoms with van der Waals surface area (Å²) >= 11 is 0. The van der Waals surface area contributed by atoms with Gasteiger partial charge in [-0.15, -0.1) is 0 Å². The lowest BCUT2D eigenvalue weighted by molar-refractivity contribution is -0.384. The smallest absolute Gasteiger partial charge is 0.346 e. The number of carbonyl (C=O) groups is 1. The van der Waals surface area contributed by atoms with Crippen molar-refractivity contribution >= 4 is 11.7 Å². The third kappa shape index (κ3) is 3.14. The first kappa shape index (κ1) is 14.4. The Hall–Kier alpha value is -2.96. The molecule has 0 heterocycles. The molecule has 0 amide bonds. The van der Waals surface area contributed by atoms with E-state index in [2.05, 4.69) is 0 Å². The van der Waals surface area contributed by atoms with Crippen LogP contribution in [0, 0.1) is 15.9 Å². The van der Waals surface area contributed by atoms with Crippen LogP contribution in [0.15, 0.2) is 42.5 Å². The first-order chi connectivity index (χ1) is 10.0. The first-order valence-electron chi connectivity index (χ1n) is 5.82. The molecule has 0 aliphatic heterocycles. The highest BCUT2D eigenvalue weighted by molar-refractivity contribution is 5.91. The van der Waals surface area contributed by atoms with E-state index in [1.54, 1.807) is 0 Å². The monoisotopic (exact) mass is 291 g/mol. The standard InChI is InChI=1S/C14H10FNO5/c1-20-12-7-6-9(16(18)19)8-13(12)21-14(17)10-4-2-3-5-11(10)15/h2-8H,1H3. The fraction of sp³-hybridized carbons (Fsp3) is 0.0714. The number of carbonyl (C=O) groups excluding carboxylic acids is 1. The van der Waals surface area contributed by atoms with E-state index in [-0.39, 0.29) is 22.7 Å². The SMILES string of the molecule is COc1ccc([N+](=O)[O-])cc1OC(=O)c1ccccc1F. The summed E-state index contributed by atoms with van der Waals surface area (Å²) in [6.07, 6.45) is 0. The number of nitrogens with zero attached hydrogens (tertiary/aromatic N) is 1. The van der Waals surface area contributed by atoms with Crippen LogP contribution in [-0.2, 0) is 0 Å². The van der Waals surface area contributed by atoms with E-state index < -0.39 is 16.7 Å². The van der Waals surface area contributed by atoms with Crippen LogP contribution in [0.3, 0.4) is 0 Å². The van der Waals surface area contributed by atoms with Crippen molar-refractivity contribution in [1.82, 2.24) is 0 Å². The molecule has 0 bridgehead atoms. The zero-order chi connectivity index (χ0) is 15.4. The maximum absolute atomic E-state index is 13.5. The van der Waals surface area contributed by atoms with Gasteiger partial charge >= 0.3 is 5.97 Å². The number of benzene rings is 2. The van der Waals surface area contributed by atoms with Crippen LogP contribution < -0.4 is 9.47 Å². The largest absolute Gasteiger partial charge is 0.493 e. The minimum atomic E-state index is -0.966. The number of methoxy groups -OCH3 is 1. The predicted molar refractivity (Wildman–Crippen MR) is 71.0 cm³/mol. The molecule has 0 N–H and O–H groups in total. The van der Waals surface area contributed by atoms with Gasteiger partial charge in [0.15, 0.2) is 11.5 Å². The number of nitro groups is 1. The lowest BCUT2D eigenvalue weighted by Gasteiger charge is -2.09. The quantitative estimate of drug-likeness (QED) is 0.374. The van der Waals surface area contributed by atoms with Crippen molar-refractivity contribution in [3.8, 4) is 11.5 Å². The van der Waals surface area contributed by atoms with E-state index in [4.69, 9.17) is 9.47 Å². The Morgan fingerprint density at radius 2 is 1.90 bits per heavy atom. The number of rotatable bonds is 4. The average molecular weight is 291 g/mol. The Morgan fingerprint density at radius 3 is 2.52 bits per heavy atom. The number of non-ortho nitro benzene ring substituents is 1. The highest BCUT2D eigenvalue weighted by Crippen LogP contribution is 2.31. The summed E-state index contributed by atoms with van der Waals surface area (Å²) in [5.74, 6) is -1.73. The molecule has 0 aromatic heterocycles. The van der Waals surface area contributed by atoms with E-state index in [1.165, 1.54) is 37.4 Å². The second kappa shape index (κ2) is 6.00. The lowest BCUT2D eigenvalue weighted by atomic mass is 10.2. The molecule has 7 heteroatoms. The molecule has 0 aliphatic rings. The van der Waals surface area contributed by atoms with Crippen molar-refractivity contribution in [1.29, 1.82) is 0 Å². The van der Waals surface area contributed by atoms with Crippen LogP contribution in [0.2, 0.25) is 0 Å². The van der Waals surface area contributed by atoms with Crippen LogP contribution in [0.1, 0.15) is 10.4 Å². The molecule has 6 nitrogen and oxygen atoms in total. The van der Waals surface area contributed by atoms with Gasteiger partial charge in [-0.3, -0.25) is 10.1 Å². The second-order valence-corrected chi connectivity index (χ2v) is 3.96. The summed E-state index contributed by atoms with van der Waals surface area (Å²) in [5.41, 5.74) is -0.543. The number of esters is 1. The Balaban J connectivity index is 2.34. The number of hydrogen-bond donors (Lipinski definition) is 0. The molecule has 0 saturated carbocycles. The van der Waals surface area contributed by atoms with Crippen molar-refractivity contribution in [3.05, 3.63) is 64.0 Å². The maximum atomic E-state index is 13.5. The van der Waals surface area contributed by atoms with Gasteiger partial charge in [0.2, 0.25) is 0 Å². The Labute approximate surface area is 118 Å². The van der Waals surface area contributed by atoms with E-state index in [0.717, 1.165) is 12.1 Å². The highest BCUT2D eigenvalue weighted by atomic mass is 19.1. The van der Waals surface area contributed by atoms with Gasteiger partial charge in [0.05, 0.1) is 23.7 Å². The van der Waals surface area contributed by atoms with Crippen molar-refractivity contribution in [2.24, 2.45) is 0 Å². The molecule has 0 radical (unpaired) electrons. The number of nitro benzene ring substituents is 1. The second-order valence-electron chi connectivity index (χ2n) is 3.96. The molecule has 21 heavy (non-hydrogen) atoms. The molecule has 0 aliphatic carbocycles. The van der Waals surface area contributed by atoms with Gasteiger partial charge in [-0.1, -0.05) is 12.1 Å². The van der Waals surface area contributed by atoms with Gasteiger partial charge in [-0.05, 0) is 18.2 Å². The normalized spacial score (nSPS) is 10.0. The van der Waals surface area contributed by atoms with Crippen molar-refractivity contribution in [3.63, 3.8) is 0 Å². The van der Waals surface area contributed by atoms with E-state index in [1.807, 2.05) is 0 Å². The minimum Gasteiger partial charge on any atom is -0.493 e. The van der Waals surface area contributed by atoms with Crippen LogP contribution in [0.4, 0.5) is 10.1 Å². The number of hydrogen-bond acceptors (Lipinski definition) is 5. The Morgan fingerprint density at radius 1 is 1.19 bits per heavy atom. The van der Waals surface area contributed by atoms with Gasteiger partial charge in [0.1, 0.15) is 5.82 Å². The summed E-state index contributed by atoms with van der Waals surface area (Å²) < 4.78 is 23.4. The molecule has 0 atom stereocenters. The lowest BCUT2D eigenvalue weighted by Crippen LogP contribution is -2.11. The molecule has 0 fully saturated rings. The molecule has 0 unspecified atom stereocenters. The molecule has 0 saturated heterocycles. The van der Waals surface area contributed by atoms with Crippen LogP contribution in [0.5, 0.6) is 11.5 Å². The zero-order valence-electron chi connectivity index (χ0n) is 10.9. The summed E-state index contributed by atoms with van der Waals surface area (Å²) in [7, 11) is 1.32. The fourth-order valence-electron chi connectivity index (χ4n) is 1.64. The summed E-state index contributed by atoms with van der Waals surface area (Å²) in [6.45, 7) is 0. The highest BCUT2D eigenvalue weighted by Gasteiger charge is 2.18. The van der Waals surface area contributed by atoms with Crippen LogP contribution >= 0.6 is 0 Å². The fourth-order valence-corrected chi connectivity index (χ4v) is 1.64. The first-order valence-corrected chi connectivity index (χ1v) is 5.82. The number of halogens is 1. The van der Waals surface area contributed by atoms with E-state index >= 15 is 0 Å². The topological polar surface area (TPSA) is 78.7 Å². The van der Waals surface area contributed by atoms with E-state index in [0.29, 0.717) is 0 Å². The average Bonchev–Trinajstić information content (AvgIpc) is 2.47. The predicted octanol–water partition coefficient (Wildman–Crippen LogP) is 2.96. The molecular formula is C14H10FNO5. The van der Waals surface area contributed by atoms with Gasteiger partial charge in [0, 0.05) is 6.07 Å². The molecule has 2 aromatic rings. The zero-order valence-corrected chi connectivity index (χ0v) is 10.9. The minimum absolute atomic E-state index is 0.130. The third-order valence-electron chi connectivity index (χ3n) is 2.65. The number of ether oxygens (including phenoxy) is 2. The van der Waals surface area contributed by atoms with Crippen LogP contribution in [-0.4, -0.2) is 18.0 Å². The summed E-state index contributed by atoms with van der Waals surface area (Å²) in [5, 5.41) is 10.7. The molecule has 108 valence electrons. The Kier molecular flexibility index (Phi) is 4.13. The van der Waals surface area contributed by atoms with Gasteiger partial charge in [-0.2, -0.15) is 0 Å². The van der Waals surface area contributed by atoms with Gasteiger partial charge < -0.3 is 9.47 Å². The third-order valence-corrected chi connectivity index (χ3v) is 2.65. The van der Waals surface area contributed by atoms with Crippen molar-refractivity contribution in [2.45, 2.75) is 0 Å². The molecule has 2 aromatic carbocycles.